The van der Waals surface area contributed by atoms with E-state index in [2.05, 4.69) is 36.6 Å². The summed E-state index contributed by atoms with van der Waals surface area (Å²) in [6.07, 6.45) is 0.834. The molecule has 3 aromatic rings. The number of carbonyl (C=O) groups is 5. The monoisotopic (exact) mass is 807 g/mol. The van der Waals surface area contributed by atoms with Crippen molar-refractivity contribution in [3.05, 3.63) is 77.9 Å². The lowest BCUT2D eigenvalue weighted by atomic mass is 10.00. The van der Waals surface area contributed by atoms with Gasteiger partial charge >= 0.3 is 0 Å². The Hall–Kier alpha value is -5.69. The number of benzene rings is 3. The molecule has 0 aromatic heterocycles. The molecule has 300 valence electrons. The molecule has 0 saturated carbocycles. The fraction of sp³-hybridized carbons (Fsp3) is 0.378. The van der Waals surface area contributed by atoms with Crippen molar-refractivity contribution >= 4 is 73.8 Å². The second-order valence-electron chi connectivity index (χ2n) is 13.0. The van der Waals surface area contributed by atoms with Crippen LogP contribution in [0.15, 0.2) is 76.7 Å². The summed E-state index contributed by atoms with van der Waals surface area (Å²) < 4.78 is 0. The molecule has 0 unspecified atom stereocenters. The standard InChI is InChI=1S/C37H49N11O6S2/c38-36(39)43-15-3-6-27-33(52)47-28(19-23-7-10-24-4-1-2-5-25(24)18-23)34(53)48-29(32(51)42-16-13-22-8-11-26(49)12-9-22)20-55-56-21-30(35(54)46-27)45-31(50)14-17-44-37(40)41/h1-2,4-5,7-12,18,27-30,49H,3,6,13-17,19-21H2,(H,42,51)(H,45,50)(H,46,54)(H,47,52)(H,48,53)(H4,38,39,43)(H4,40,41,44)/t27-,28+,29+,30+/m1/s1. The number of guanidine groups is 2. The van der Waals surface area contributed by atoms with Crippen LogP contribution in [0, 0.1) is 0 Å². The van der Waals surface area contributed by atoms with E-state index in [9.17, 15) is 29.1 Å². The predicted octanol–water partition coefficient (Wildman–Crippen LogP) is -0.502. The Bertz CT molecular complexity index is 1890. The minimum Gasteiger partial charge on any atom is -0.508 e. The van der Waals surface area contributed by atoms with Gasteiger partial charge in [0.05, 0.1) is 6.54 Å². The number of nitrogens with two attached hydrogens (primary N) is 4. The van der Waals surface area contributed by atoms with Crippen LogP contribution in [-0.2, 0) is 36.8 Å². The Morgan fingerprint density at radius 2 is 1.41 bits per heavy atom. The summed E-state index contributed by atoms with van der Waals surface area (Å²) in [7, 11) is 2.44. The van der Waals surface area contributed by atoms with E-state index in [0.717, 1.165) is 21.9 Å². The highest BCUT2D eigenvalue weighted by atomic mass is 33.1. The molecule has 4 rings (SSSR count). The van der Waals surface area contributed by atoms with E-state index in [4.69, 9.17) is 22.9 Å². The highest BCUT2D eigenvalue weighted by Crippen LogP contribution is 2.24. The summed E-state index contributed by atoms with van der Waals surface area (Å²) in [5.74, 6) is -2.86. The van der Waals surface area contributed by atoms with Crippen LogP contribution in [0.25, 0.3) is 10.8 Å². The molecule has 3 aromatic carbocycles. The number of nitrogens with zero attached hydrogens (tertiary/aromatic N) is 2. The highest BCUT2D eigenvalue weighted by Gasteiger charge is 2.32. The molecule has 1 aliphatic heterocycles. The maximum absolute atomic E-state index is 14.1. The maximum atomic E-state index is 14.1. The Kier molecular flexibility index (Phi) is 16.9. The second-order valence-corrected chi connectivity index (χ2v) is 15.5. The quantitative estimate of drug-likeness (QED) is 0.0427. The minimum atomic E-state index is -1.15. The zero-order valence-electron chi connectivity index (χ0n) is 30.7. The van der Waals surface area contributed by atoms with Crippen LogP contribution in [0.4, 0.5) is 0 Å². The third kappa shape index (κ3) is 14.5. The molecule has 1 fully saturated rings. The first-order valence-electron chi connectivity index (χ1n) is 18.0. The average Bonchev–Trinajstić information content (AvgIpc) is 3.16. The van der Waals surface area contributed by atoms with Gasteiger partial charge in [0, 0.05) is 37.4 Å². The summed E-state index contributed by atoms with van der Waals surface area (Å²) in [6, 6.07) is 15.6. The molecule has 1 aliphatic rings. The number of phenolic OH excluding ortho intramolecular Hbond substituents is 1. The predicted molar refractivity (Wildman–Crippen MR) is 220 cm³/mol. The summed E-state index contributed by atoms with van der Waals surface area (Å²) in [5, 5.41) is 25.5. The molecule has 0 aliphatic carbocycles. The lowest BCUT2D eigenvalue weighted by Crippen LogP contribution is -2.59. The molecule has 14 N–H and O–H groups in total. The van der Waals surface area contributed by atoms with E-state index < -0.39 is 53.7 Å². The molecule has 17 nitrogen and oxygen atoms in total. The molecular weight excluding hydrogens is 759 g/mol. The molecule has 1 saturated heterocycles. The molecular formula is C37H49N11O6S2. The normalized spacial score (nSPS) is 19.3. The van der Waals surface area contributed by atoms with E-state index in [-0.39, 0.29) is 68.1 Å². The van der Waals surface area contributed by atoms with Gasteiger partial charge in [-0.2, -0.15) is 0 Å². The molecule has 19 heteroatoms. The van der Waals surface area contributed by atoms with E-state index in [1.165, 1.54) is 21.6 Å². The number of aromatic hydroxyl groups is 1. The number of rotatable bonds is 14. The summed E-state index contributed by atoms with van der Waals surface area (Å²) in [5.41, 5.74) is 23.4. The van der Waals surface area contributed by atoms with Gasteiger partial charge in [-0.05, 0) is 53.3 Å². The maximum Gasteiger partial charge on any atom is 0.244 e. The van der Waals surface area contributed by atoms with E-state index in [1.54, 1.807) is 24.3 Å². The van der Waals surface area contributed by atoms with Gasteiger partial charge in [-0.3, -0.25) is 34.0 Å². The van der Waals surface area contributed by atoms with Crippen molar-refractivity contribution in [2.24, 2.45) is 32.9 Å². The molecule has 4 atom stereocenters. The number of nitrogens with one attached hydrogen (secondary N) is 5. The van der Waals surface area contributed by atoms with Crippen LogP contribution >= 0.6 is 21.6 Å². The molecule has 5 amide bonds. The zero-order chi connectivity index (χ0) is 40.5. The number of amides is 5. The molecule has 0 bridgehead atoms. The fourth-order valence-electron chi connectivity index (χ4n) is 5.67. The van der Waals surface area contributed by atoms with Crippen molar-refractivity contribution in [1.82, 2.24) is 26.6 Å². The van der Waals surface area contributed by atoms with Crippen LogP contribution in [0.2, 0.25) is 0 Å². The van der Waals surface area contributed by atoms with Gasteiger partial charge in [0.25, 0.3) is 0 Å². The lowest BCUT2D eigenvalue weighted by molar-refractivity contribution is -0.134. The van der Waals surface area contributed by atoms with Crippen LogP contribution in [0.1, 0.15) is 30.4 Å². The van der Waals surface area contributed by atoms with Crippen molar-refractivity contribution in [3.8, 4) is 5.75 Å². The smallest absolute Gasteiger partial charge is 0.244 e. The fourth-order valence-corrected chi connectivity index (χ4v) is 7.99. The van der Waals surface area contributed by atoms with Gasteiger partial charge in [0.2, 0.25) is 29.5 Å². The minimum absolute atomic E-state index is 0.00204. The summed E-state index contributed by atoms with van der Waals surface area (Å²) in [6.45, 7) is 0.423. The third-order valence-electron chi connectivity index (χ3n) is 8.58. The summed E-state index contributed by atoms with van der Waals surface area (Å²) >= 11 is 0. The lowest BCUT2D eigenvalue weighted by Gasteiger charge is -2.27. The van der Waals surface area contributed by atoms with Gasteiger partial charge in [0.15, 0.2) is 11.9 Å². The number of phenols is 1. The van der Waals surface area contributed by atoms with Gasteiger partial charge in [-0.25, -0.2) is 0 Å². The number of hydrogen-bond acceptors (Lipinski definition) is 10. The number of aliphatic imine (C=N–C) groups is 2. The highest BCUT2D eigenvalue weighted by molar-refractivity contribution is 8.76. The van der Waals surface area contributed by atoms with E-state index in [1.807, 2.05) is 42.5 Å². The van der Waals surface area contributed by atoms with Crippen molar-refractivity contribution < 1.29 is 29.1 Å². The van der Waals surface area contributed by atoms with Crippen molar-refractivity contribution in [2.75, 3.05) is 31.1 Å². The first-order chi connectivity index (χ1) is 26.9. The first kappa shape index (κ1) is 43.0. The van der Waals surface area contributed by atoms with Crippen LogP contribution in [-0.4, -0.2) is 102 Å². The molecule has 0 radical (unpaired) electrons. The van der Waals surface area contributed by atoms with Gasteiger partial charge in [-0.15, -0.1) is 0 Å². The van der Waals surface area contributed by atoms with Crippen LogP contribution < -0.4 is 49.5 Å². The zero-order valence-corrected chi connectivity index (χ0v) is 32.4. The third-order valence-corrected chi connectivity index (χ3v) is 11.0. The van der Waals surface area contributed by atoms with E-state index in [0.29, 0.717) is 12.8 Å². The Balaban J connectivity index is 1.61. The molecule has 1 heterocycles. The number of fused-ring (bicyclic) bond motifs is 1. The molecule has 0 spiro atoms. The second kappa shape index (κ2) is 22.0. The van der Waals surface area contributed by atoms with Crippen molar-refractivity contribution in [1.29, 1.82) is 0 Å². The Labute approximate surface area is 332 Å². The Morgan fingerprint density at radius 1 is 0.768 bits per heavy atom. The largest absolute Gasteiger partial charge is 0.508 e. The average molecular weight is 808 g/mol. The number of carbonyl (C=O) groups excluding carboxylic acids is 5. The first-order valence-corrected chi connectivity index (χ1v) is 20.5. The van der Waals surface area contributed by atoms with Crippen molar-refractivity contribution in [2.45, 2.75) is 56.3 Å². The Morgan fingerprint density at radius 3 is 2.14 bits per heavy atom. The number of hydrogen-bond donors (Lipinski definition) is 10. The van der Waals surface area contributed by atoms with Crippen LogP contribution in [0.3, 0.4) is 0 Å². The van der Waals surface area contributed by atoms with Gasteiger partial charge in [-0.1, -0.05) is 76.2 Å². The SMILES string of the molecule is NC(N)=NCCC[C@H]1NC(=O)[C@@H](NC(=O)CCN=C(N)N)CSSC[C@@H](C(=O)NCCc2ccc(O)cc2)NC(=O)[C@H](Cc2ccc3ccccc3c2)NC1=O. The summed E-state index contributed by atoms with van der Waals surface area (Å²) in [4.78, 5) is 76.1. The molecule has 56 heavy (non-hydrogen) atoms. The van der Waals surface area contributed by atoms with Gasteiger partial charge < -0.3 is 54.6 Å². The van der Waals surface area contributed by atoms with E-state index >= 15 is 0 Å². The van der Waals surface area contributed by atoms with Gasteiger partial charge in [0.1, 0.15) is 29.9 Å². The topological polar surface area (TPSA) is 295 Å². The van der Waals surface area contributed by atoms with Crippen molar-refractivity contribution in [3.63, 3.8) is 0 Å². The van der Waals surface area contributed by atoms with Crippen LogP contribution in [0.5, 0.6) is 5.75 Å².